The molecule has 0 aliphatic carbocycles. The largest absolute Gasteiger partial charge is 0.495 e. The maximum absolute atomic E-state index is 13.2. The van der Waals surface area contributed by atoms with Gasteiger partial charge in [0.15, 0.2) is 0 Å². The molecule has 8 heteroatoms. The van der Waals surface area contributed by atoms with E-state index in [-0.39, 0.29) is 29.5 Å². The summed E-state index contributed by atoms with van der Waals surface area (Å²) in [6.07, 6.45) is 0.0663. The molecule has 0 spiro atoms. The number of hydrogen-bond acceptors (Lipinski definition) is 4. The number of methoxy groups -OCH3 is 1. The number of amides is 1. The predicted molar refractivity (Wildman–Crippen MR) is 64.7 cm³/mol. The van der Waals surface area contributed by atoms with Crippen molar-refractivity contribution in [3.05, 3.63) is 24.0 Å². The lowest BCUT2D eigenvalue weighted by molar-refractivity contribution is -0.119. The molecule has 0 bridgehead atoms. The summed E-state index contributed by atoms with van der Waals surface area (Å²) in [6, 6.07) is 2.69. The topological polar surface area (TPSA) is 84.5 Å². The van der Waals surface area contributed by atoms with Crippen LogP contribution in [0, 0.1) is 5.82 Å². The van der Waals surface area contributed by atoms with Crippen LogP contribution in [0.25, 0.3) is 0 Å². The van der Waals surface area contributed by atoms with Crippen LogP contribution in [0.4, 0.5) is 4.39 Å². The molecule has 1 atom stereocenters. The Morgan fingerprint density at radius 1 is 1.47 bits per heavy atom. The number of benzene rings is 1. The fraction of sp³-hybridized carbons (Fsp3) is 0.364. The summed E-state index contributed by atoms with van der Waals surface area (Å²) in [6.45, 7) is 0.218. The van der Waals surface area contributed by atoms with E-state index in [2.05, 4.69) is 10.0 Å². The van der Waals surface area contributed by atoms with Crippen LogP contribution in [-0.4, -0.2) is 34.0 Å². The van der Waals surface area contributed by atoms with Crippen molar-refractivity contribution in [3.63, 3.8) is 0 Å². The van der Waals surface area contributed by atoms with Gasteiger partial charge in [0.05, 0.1) is 7.11 Å². The Labute approximate surface area is 110 Å². The van der Waals surface area contributed by atoms with Crippen LogP contribution in [0.1, 0.15) is 6.42 Å². The number of carbonyl (C=O) groups excluding carboxylic acids is 1. The molecule has 1 unspecified atom stereocenters. The van der Waals surface area contributed by atoms with E-state index >= 15 is 0 Å². The van der Waals surface area contributed by atoms with E-state index in [9.17, 15) is 17.6 Å². The first-order valence-corrected chi connectivity index (χ1v) is 7.03. The number of ether oxygens (including phenoxy) is 1. The molecule has 1 aromatic carbocycles. The minimum absolute atomic E-state index is 0.0474. The van der Waals surface area contributed by atoms with Crippen LogP contribution in [0.3, 0.4) is 0 Å². The Morgan fingerprint density at radius 3 is 2.79 bits per heavy atom. The second-order valence-electron chi connectivity index (χ2n) is 4.12. The third-order valence-electron chi connectivity index (χ3n) is 2.71. The monoisotopic (exact) mass is 288 g/mol. The van der Waals surface area contributed by atoms with Gasteiger partial charge in [0, 0.05) is 19.0 Å². The Bertz CT molecular complexity index is 603. The number of carbonyl (C=O) groups is 1. The van der Waals surface area contributed by atoms with Gasteiger partial charge in [0.2, 0.25) is 15.9 Å². The Hall–Kier alpha value is -1.67. The van der Waals surface area contributed by atoms with Crippen LogP contribution in [-0.2, 0) is 14.8 Å². The van der Waals surface area contributed by atoms with Crippen molar-refractivity contribution in [2.45, 2.75) is 17.4 Å². The van der Waals surface area contributed by atoms with Gasteiger partial charge in [-0.2, -0.15) is 0 Å². The zero-order valence-electron chi connectivity index (χ0n) is 10.1. The van der Waals surface area contributed by atoms with Gasteiger partial charge in [-0.25, -0.2) is 17.5 Å². The molecule has 1 saturated heterocycles. The van der Waals surface area contributed by atoms with E-state index in [4.69, 9.17) is 4.74 Å². The molecule has 6 nitrogen and oxygen atoms in total. The molecule has 0 saturated carbocycles. The van der Waals surface area contributed by atoms with Gasteiger partial charge in [-0.3, -0.25) is 4.79 Å². The quantitative estimate of drug-likeness (QED) is 0.817. The van der Waals surface area contributed by atoms with Crippen molar-refractivity contribution in [2.24, 2.45) is 0 Å². The van der Waals surface area contributed by atoms with Gasteiger partial charge in [-0.1, -0.05) is 0 Å². The second kappa shape index (κ2) is 5.14. The molecular formula is C11H13FN2O4S. The van der Waals surface area contributed by atoms with Crippen LogP contribution in [0.2, 0.25) is 0 Å². The van der Waals surface area contributed by atoms with Crippen molar-refractivity contribution in [1.82, 2.24) is 10.0 Å². The van der Waals surface area contributed by atoms with Gasteiger partial charge in [0.1, 0.15) is 16.5 Å². The van der Waals surface area contributed by atoms with E-state index in [0.29, 0.717) is 0 Å². The number of rotatable bonds is 4. The highest BCUT2D eigenvalue weighted by molar-refractivity contribution is 7.89. The lowest BCUT2D eigenvalue weighted by atomic mass is 10.3. The number of hydrogen-bond donors (Lipinski definition) is 2. The summed E-state index contributed by atoms with van der Waals surface area (Å²) in [7, 11) is -2.64. The number of nitrogens with one attached hydrogen (secondary N) is 2. The van der Waals surface area contributed by atoms with Crippen LogP contribution >= 0.6 is 0 Å². The fourth-order valence-electron chi connectivity index (χ4n) is 1.83. The third kappa shape index (κ3) is 3.02. The summed E-state index contributed by atoms with van der Waals surface area (Å²) in [5.74, 6) is -0.855. The smallest absolute Gasteiger partial charge is 0.244 e. The fourth-order valence-corrected chi connectivity index (χ4v) is 3.25. The average molecular weight is 288 g/mol. The van der Waals surface area contributed by atoms with E-state index in [1.807, 2.05) is 0 Å². The van der Waals surface area contributed by atoms with Crippen molar-refractivity contribution in [1.29, 1.82) is 0 Å². The average Bonchev–Trinajstić information content (AvgIpc) is 2.74. The molecule has 2 N–H and O–H groups in total. The lowest BCUT2D eigenvalue weighted by Crippen LogP contribution is -2.36. The standard InChI is InChI=1S/C11H13FN2O4S/c1-18-9-3-2-7(12)4-10(9)19(16,17)14-8-5-11(15)13-6-8/h2-4,8,14H,5-6H2,1H3,(H,13,15). The molecule has 0 radical (unpaired) electrons. The zero-order chi connectivity index (χ0) is 14.0. The molecule has 1 heterocycles. The van der Waals surface area contributed by atoms with Crippen molar-refractivity contribution >= 4 is 15.9 Å². The van der Waals surface area contributed by atoms with Gasteiger partial charge < -0.3 is 10.1 Å². The van der Waals surface area contributed by atoms with Gasteiger partial charge in [-0.05, 0) is 18.2 Å². The van der Waals surface area contributed by atoms with Crippen LogP contribution in [0.5, 0.6) is 5.75 Å². The van der Waals surface area contributed by atoms with Crippen LogP contribution in [0.15, 0.2) is 23.1 Å². The molecule has 1 fully saturated rings. The van der Waals surface area contributed by atoms with Crippen molar-refractivity contribution in [3.8, 4) is 5.75 Å². The Morgan fingerprint density at radius 2 is 2.21 bits per heavy atom. The second-order valence-corrected chi connectivity index (χ2v) is 5.80. The first-order valence-electron chi connectivity index (χ1n) is 5.55. The minimum Gasteiger partial charge on any atom is -0.495 e. The first-order chi connectivity index (χ1) is 8.92. The molecule has 104 valence electrons. The van der Waals surface area contributed by atoms with Gasteiger partial charge in [-0.15, -0.1) is 0 Å². The molecule has 19 heavy (non-hydrogen) atoms. The van der Waals surface area contributed by atoms with E-state index in [1.165, 1.54) is 13.2 Å². The van der Waals surface area contributed by atoms with E-state index in [0.717, 1.165) is 12.1 Å². The first kappa shape index (κ1) is 13.8. The molecule has 1 aliphatic rings. The highest BCUT2D eigenvalue weighted by atomic mass is 32.2. The van der Waals surface area contributed by atoms with Gasteiger partial charge in [0.25, 0.3) is 0 Å². The third-order valence-corrected chi connectivity index (χ3v) is 4.26. The molecule has 1 aliphatic heterocycles. The molecule has 1 aromatic rings. The summed E-state index contributed by atoms with van der Waals surface area (Å²) in [5, 5.41) is 2.51. The Kier molecular flexibility index (Phi) is 3.72. The molecule has 2 rings (SSSR count). The normalized spacial score (nSPS) is 19.3. The molecular weight excluding hydrogens is 275 g/mol. The summed E-state index contributed by atoms with van der Waals surface area (Å²) in [5.41, 5.74) is 0. The van der Waals surface area contributed by atoms with E-state index in [1.54, 1.807) is 0 Å². The van der Waals surface area contributed by atoms with Crippen molar-refractivity contribution in [2.75, 3.05) is 13.7 Å². The van der Waals surface area contributed by atoms with Gasteiger partial charge >= 0.3 is 0 Å². The Balaban J connectivity index is 2.28. The zero-order valence-corrected chi connectivity index (χ0v) is 11.0. The number of halogens is 1. The minimum atomic E-state index is -3.94. The molecule has 1 amide bonds. The summed E-state index contributed by atoms with van der Waals surface area (Å²) >= 11 is 0. The maximum atomic E-state index is 13.2. The highest BCUT2D eigenvalue weighted by Gasteiger charge is 2.28. The molecule has 0 aromatic heterocycles. The van der Waals surface area contributed by atoms with Crippen molar-refractivity contribution < 1.29 is 22.3 Å². The highest BCUT2D eigenvalue weighted by Crippen LogP contribution is 2.24. The van der Waals surface area contributed by atoms with Crippen LogP contribution < -0.4 is 14.8 Å². The summed E-state index contributed by atoms with van der Waals surface area (Å²) < 4.78 is 44.7. The summed E-state index contributed by atoms with van der Waals surface area (Å²) in [4.78, 5) is 10.7. The SMILES string of the molecule is COc1ccc(F)cc1S(=O)(=O)NC1CNC(=O)C1. The predicted octanol–water partition coefficient (Wildman–Crippen LogP) is 0.00110. The maximum Gasteiger partial charge on any atom is 0.244 e. The lowest BCUT2D eigenvalue weighted by Gasteiger charge is -2.13. The van der Waals surface area contributed by atoms with E-state index < -0.39 is 21.9 Å². The number of sulfonamides is 1.